The molecular formula is C12H19N5O3S. The molecule has 2 aromatic heterocycles. The van der Waals surface area contributed by atoms with Crippen molar-refractivity contribution in [2.75, 3.05) is 6.61 Å². The lowest BCUT2D eigenvalue weighted by atomic mass is 10.2. The van der Waals surface area contributed by atoms with Crippen LogP contribution in [-0.4, -0.2) is 39.7 Å². The lowest BCUT2D eigenvalue weighted by Gasteiger charge is -2.05. The van der Waals surface area contributed by atoms with E-state index < -0.39 is 10.0 Å². The first-order valence-electron chi connectivity index (χ1n) is 6.47. The van der Waals surface area contributed by atoms with Crippen molar-refractivity contribution in [3.63, 3.8) is 0 Å². The molecule has 0 aromatic carbocycles. The molecule has 0 saturated heterocycles. The van der Waals surface area contributed by atoms with Gasteiger partial charge in [0.05, 0.1) is 25.0 Å². The van der Waals surface area contributed by atoms with Crippen molar-refractivity contribution in [2.45, 2.75) is 31.8 Å². The van der Waals surface area contributed by atoms with Crippen LogP contribution in [0, 0.1) is 13.8 Å². The summed E-state index contributed by atoms with van der Waals surface area (Å²) in [6.45, 7) is 4.08. The van der Waals surface area contributed by atoms with E-state index in [0.717, 1.165) is 17.0 Å². The van der Waals surface area contributed by atoms with Gasteiger partial charge in [-0.25, -0.2) is 13.1 Å². The van der Waals surface area contributed by atoms with Gasteiger partial charge in [-0.05, 0) is 13.8 Å². The minimum absolute atomic E-state index is 0.0788. The monoisotopic (exact) mass is 313 g/mol. The van der Waals surface area contributed by atoms with Crippen LogP contribution in [0.4, 0.5) is 0 Å². The number of nitrogens with zero attached hydrogens (tertiary/aromatic N) is 4. The molecule has 0 radical (unpaired) electrons. The van der Waals surface area contributed by atoms with Crippen molar-refractivity contribution in [1.82, 2.24) is 24.3 Å². The van der Waals surface area contributed by atoms with Gasteiger partial charge in [-0.2, -0.15) is 10.2 Å². The molecule has 0 unspecified atom stereocenters. The van der Waals surface area contributed by atoms with Crippen molar-refractivity contribution in [3.05, 3.63) is 29.3 Å². The maximum atomic E-state index is 12.2. The van der Waals surface area contributed by atoms with Crippen LogP contribution < -0.4 is 4.72 Å². The van der Waals surface area contributed by atoms with E-state index in [2.05, 4.69) is 14.9 Å². The quantitative estimate of drug-likeness (QED) is 0.762. The lowest BCUT2D eigenvalue weighted by Crippen LogP contribution is -2.23. The van der Waals surface area contributed by atoms with E-state index in [1.807, 2.05) is 20.9 Å². The zero-order valence-electron chi connectivity index (χ0n) is 12.2. The Labute approximate surface area is 123 Å². The summed E-state index contributed by atoms with van der Waals surface area (Å²) in [5.41, 5.74) is 2.59. The van der Waals surface area contributed by atoms with Crippen LogP contribution in [0.25, 0.3) is 0 Å². The molecule has 2 rings (SSSR count). The Bertz CT molecular complexity index is 732. The van der Waals surface area contributed by atoms with Crippen LogP contribution >= 0.6 is 0 Å². The molecule has 0 aliphatic rings. The minimum atomic E-state index is -3.63. The van der Waals surface area contributed by atoms with Gasteiger partial charge in [0.1, 0.15) is 4.90 Å². The van der Waals surface area contributed by atoms with Gasteiger partial charge in [-0.3, -0.25) is 9.36 Å². The van der Waals surface area contributed by atoms with E-state index >= 15 is 0 Å². The summed E-state index contributed by atoms with van der Waals surface area (Å²) in [5.74, 6) is 0. The third kappa shape index (κ3) is 3.31. The minimum Gasteiger partial charge on any atom is -0.394 e. The van der Waals surface area contributed by atoms with Crippen LogP contribution in [0.2, 0.25) is 0 Å². The van der Waals surface area contributed by atoms with Gasteiger partial charge in [0.15, 0.2) is 0 Å². The summed E-state index contributed by atoms with van der Waals surface area (Å²) < 4.78 is 30.0. The molecule has 21 heavy (non-hydrogen) atoms. The largest absolute Gasteiger partial charge is 0.394 e. The highest BCUT2D eigenvalue weighted by Gasteiger charge is 2.18. The van der Waals surface area contributed by atoms with Gasteiger partial charge in [-0.15, -0.1) is 0 Å². The predicted molar refractivity (Wildman–Crippen MR) is 76.0 cm³/mol. The molecule has 0 spiro atoms. The van der Waals surface area contributed by atoms with Gasteiger partial charge >= 0.3 is 0 Å². The number of hydrogen-bond acceptors (Lipinski definition) is 5. The van der Waals surface area contributed by atoms with Crippen molar-refractivity contribution in [2.24, 2.45) is 7.05 Å². The van der Waals surface area contributed by atoms with E-state index in [4.69, 9.17) is 5.11 Å². The van der Waals surface area contributed by atoms with Crippen LogP contribution in [0.1, 0.15) is 17.0 Å². The summed E-state index contributed by atoms with van der Waals surface area (Å²) >= 11 is 0. The topological polar surface area (TPSA) is 102 Å². The standard InChI is InChI=1S/C12H19N5O3S/c1-9-12(10(2)16(3)15-9)7-14-21(19,20)11-6-13-17(8-11)4-5-18/h6,8,14,18H,4-5,7H2,1-3H3. The summed E-state index contributed by atoms with van der Waals surface area (Å²) in [6, 6.07) is 0. The second-order valence-corrected chi connectivity index (χ2v) is 6.53. The molecule has 0 saturated carbocycles. The smallest absolute Gasteiger partial charge is 0.243 e. The molecule has 9 heteroatoms. The number of aliphatic hydroxyl groups is 1. The Hall–Kier alpha value is -1.71. The molecule has 2 aromatic rings. The molecule has 2 heterocycles. The molecule has 0 amide bonds. The number of aromatic nitrogens is 4. The number of sulfonamides is 1. The average Bonchev–Trinajstić information content (AvgIpc) is 2.96. The first kappa shape index (κ1) is 15.7. The number of aryl methyl sites for hydroxylation is 2. The molecule has 116 valence electrons. The highest BCUT2D eigenvalue weighted by Crippen LogP contribution is 2.13. The summed E-state index contributed by atoms with van der Waals surface area (Å²) in [4.78, 5) is 0.0788. The van der Waals surface area contributed by atoms with Gasteiger partial charge in [0.25, 0.3) is 0 Å². The van der Waals surface area contributed by atoms with Crippen LogP contribution in [0.5, 0.6) is 0 Å². The average molecular weight is 313 g/mol. The molecular weight excluding hydrogens is 294 g/mol. The molecule has 0 fully saturated rings. The molecule has 2 N–H and O–H groups in total. The van der Waals surface area contributed by atoms with Crippen LogP contribution in [0.3, 0.4) is 0 Å². The highest BCUT2D eigenvalue weighted by atomic mass is 32.2. The summed E-state index contributed by atoms with van der Waals surface area (Å²) in [7, 11) is -1.81. The van der Waals surface area contributed by atoms with Crippen molar-refractivity contribution in [3.8, 4) is 0 Å². The number of nitrogens with one attached hydrogen (secondary N) is 1. The second-order valence-electron chi connectivity index (χ2n) is 4.76. The van der Waals surface area contributed by atoms with E-state index in [9.17, 15) is 8.42 Å². The first-order valence-corrected chi connectivity index (χ1v) is 7.95. The number of rotatable bonds is 6. The number of hydrogen-bond donors (Lipinski definition) is 2. The summed E-state index contributed by atoms with van der Waals surface area (Å²) in [5, 5.41) is 16.9. The fourth-order valence-corrected chi connectivity index (χ4v) is 2.98. The van der Waals surface area contributed by atoms with Gasteiger partial charge in [-0.1, -0.05) is 0 Å². The Morgan fingerprint density at radius 1 is 1.38 bits per heavy atom. The molecule has 0 bridgehead atoms. The zero-order valence-corrected chi connectivity index (χ0v) is 13.1. The summed E-state index contributed by atoms with van der Waals surface area (Å²) in [6.07, 6.45) is 2.66. The third-order valence-corrected chi connectivity index (χ3v) is 4.70. The zero-order chi connectivity index (χ0) is 15.6. The lowest BCUT2D eigenvalue weighted by molar-refractivity contribution is 0.269. The maximum absolute atomic E-state index is 12.2. The predicted octanol–water partition coefficient (Wildman–Crippen LogP) is -0.296. The Morgan fingerprint density at radius 3 is 2.67 bits per heavy atom. The molecule has 0 aliphatic heterocycles. The van der Waals surface area contributed by atoms with Crippen LogP contribution in [0.15, 0.2) is 17.3 Å². The van der Waals surface area contributed by atoms with Crippen molar-refractivity contribution in [1.29, 1.82) is 0 Å². The number of aliphatic hydroxyl groups excluding tert-OH is 1. The Kier molecular flexibility index (Phi) is 4.45. The van der Waals surface area contributed by atoms with Crippen molar-refractivity contribution >= 4 is 10.0 Å². The van der Waals surface area contributed by atoms with Gasteiger partial charge in [0.2, 0.25) is 10.0 Å². The van der Waals surface area contributed by atoms with Crippen LogP contribution in [-0.2, 0) is 30.2 Å². The normalized spacial score (nSPS) is 12.0. The Morgan fingerprint density at radius 2 is 2.10 bits per heavy atom. The fraction of sp³-hybridized carbons (Fsp3) is 0.500. The third-order valence-electron chi connectivity index (χ3n) is 3.35. The maximum Gasteiger partial charge on any atom is 0.243 e. The van der Waals surface area contributed by atoms with E-state index in [-0.39, 0.29) is 24.6 Å². The Balaban J connectivity index is 2.13. The first-order chi connectivity index (χ1) is 9.85. The fourth-order valence-electron chi connectivity index (χ4n) is 2.03. The van der Waals surface area contributed by atoms with E-state index in [0.29, 0.717) is 0 Å². The second kappa shape index (κ2) is 5.96. The molecule has 0 atom stereocenters. The SMILES string of the molecule is Cc1nn(C)c(C)c1CNS(=O)(=O)c1cnn(CCO)c1. The molecule has 8 nitrogen and oxygen atoms in total. The van der Waals surface area contributed by atoms with Gasteiger partial charge in [0, 0.05) is 31.0 Å². The highest BCUT2D eigenvalue weighted by molar-refractivity contribution is 7.89. The van der Waals surface area contributed by atoms with Gasteiger partial charge < -0.3 is 5.11 Å². The van der Waals surface area contributed by atoms with E-state index in [1.54, 1.807) is 4.68 Å². The van der Waals surface area contributed by atoms with E-state index in [1.165, 1.54) is 17.1 Å². The van der Waals surface area contributed by atoms with Crippen molar-refractivity contribution < 1.29 is 13.5 Å². The molecule has 0 aliphatic carbocycles.